The Morgan fingerprint density at radius 3 is 2.31 bits per heavy atom. The fourth-order valence-corrected chi connectivity index (χ4v) is 4.97. The maximum Gasteiger partial charge on any atom is 0.246 e. The Balaban J connectivity index is 1.63. The van der Waals surface area contributed by atoms with Gasteiger partial charge in [0.25, 0.3) is 0 Å². The first-order valence-corrected chi connectivity index (χ1v) is 11.0. The molecule has 1 heterocycles. The molecule has 2 aromatic carbocycles. The number of nitrogens with one attached hydrogen (secondary N) is 1. The molecule has 0 radical (unpaired) electrons. The highest BCUT2D eigenvalue weighted by atomic mass is 32.2. The van der Waals surface area contributed by atoms with Crippen LogP contribution in [0.3, 0.4) is 0 Å². The predicted molar refractivity (Wildman–Crippen MR) is 97.7 cm³/mol. The summed E-state index contributed by atoms with van der Waals surface area (Å²) in [5.74, 6) is -1.84. The number of sulfonamides is 1. The van der Waals surface area contributed by atoms with Crippen LogP contribution in [0.1, 0.15) is 5.56 Å². The van der Waals surface area contributed by atoms with Gasteiger partial charge in [0.15, 0.2) is 0 Å². The molecule has 3 rings (SSSR count). The van der Waals surface area contributed by atoms with Crippen molar-refractivity contribution in [1.29, 1.82) is 0 Å². The second kappa shape index (κ2) is 8.04. The molecular weight excluding hydrogens is 378 g/mol. The fraction of sp³-hybridized carbons (Fsp3) is 0.333. The van der Waals surface area contributed by atoms with E-state index in [9.17, 15) is 17.2 Å². The third-order valence-electron chi connectivity index (χ3n) is 4.55. The van der Waals surface area contributed by atoms with E-state index in [2.05, 4.69) is 24.3 Å². The third-order valence-corrected chi connectivity index (χ3v) is 7.23. The van der Waals surface area contributed by atoms with E-state index in [0.29, 0.717) is 32.2 Å². The summed E-state index contributed by atoms with van der Waals surface area (Å²) in [7, 11) is -3.94. The van der Waals surface area contributed by atoms with Crippen molar-refractivity contribution >= 4 is 21.8 Å². The monoisotopic (exact) mass is 399 g/mol. The molecule has 1 N–H and O–H groups in total. The third kappa shape index (κ3) is 4.25. The van der Waals surface area contributed by atoms with Crippen LogP contribution >= 0.6 is 11.8 Å². The van der Waals surface area contributed by atoms with Gasteiger partial charge in [-0.1, -0.05) is 12.1 Å². The first-order valence-electron chi connectivity index (χ1n) is 8.32. The average molecular weight is 400 g/mol. The number of piperazine rings is 1. The summed E-state index contributed by atoms with van der Waals surface area (Å²) in [6, 6.07) is 10.9. The zero-order valence-corrected chi connectivity index (χ0v) is 16.0. The summed E-state index contributed by atoms with van der Waals surface area (Å²) in [5.41, 5.74) is 1.21. The van der Waals surface area contributed by atoms with E-state index >= 15 is 0 Å². The van der Waals surface area contributed by atoms with E-state index in [1.165, 1.54) is 19.7 Å². The Kier molecular flexibility index (Phi) is 5.96. The Bertz CT molecular complexity index is 865. The number of benzene rings is 2. The number of nitrogens with zero attached hydrogens (tertiary/aromatic N) is 1. The molecule has 0 bridgehead atoms. The van der Waals surface area contributed by atoms with E-state index < -0.39 is 26.6 Å². The zero-order valence-electron chi connectivity index (χ0n) is 14.4. The molecule has 8 heteroatoms. The first-order chi connectivity index (χ1) is 12.4. The average Bonchev–Trinajstić information content (AvgIpc) is 2.62. The van der Waals surface area contributed by atoms with Crippen LogP contribution in [0.4, 0.5) is 8.78 Å². The summed E-state index contributed by atoms with van der Waals surface area (Å²) >= 11 is 1.69. The minimum Gasteiger partial charge on any atom is -0.329 e. The molecule has 0 amide bonds. The molecule has 0 atom stereocenters. The summed E-state index contributed by atoms with van der Waals surface area (Å²) in [6.07, 6.45) is 2.03. The van der Waals surface area contributed by atoms with Gasteiger partial charge in [0, 0.05) is 16.5 Å². The molecule has 26 heavy (non-hydrogen) atoms. The van der Waals surface area contributed by atoms with Gasteiger partial charge in [-0.3, -0.25) is 0 Å². The van der Waals surface area contributed by atoms with Gasteiger partial charge in [0.2, 0.25) is 10.0 Å². The van der Waals surface area contributed by atoms with Crippen LogP contribution in [-0.2, 0) is 16.6 Å². The lowest BCUT2D eigenvalue weighted by Crippen LogP contribution is -3.13. The number of hydrogen-bond acceptors (Lipinski definition) is 3. The van der Waals surface area contributed by atoms with Gasteiger partial charge >= 0.3 is 0 Å². The van der Waals surface area contributed by atoms with Gasteiger partial charge in [-0.2, -0.15) is 4.31 Å². The van der Waals surface area contributed by atoms with Crippen molar-refractivity contribution in [3.05, 3.63) is 59.7 Å². The Hall–Kier alpha value is -1.48. The van der Waals surface area contributed by atoms with Crippen LogP contribution in [-0.4, -0.2) is 45.2 Å². The molecular formula is C18H21F2N2O2S2+. The fourth-order valence-electron chi connectivity index (χ4n) is 3.08. The Morgan fingerprint density at radius 1 is 1.08 bits per heavy atom. The molecule has 4 nitrogen and oxygen atoms in total. The van der Waals surface area contributed by atoms with Crippen LogP contribution in [0.15, 0.2) is 52.3 Å². The van der Waals surface area contributed by atoms with E-state index in [4.69, 9.17) is 0 Å². The summed E-state index contributed by atoms with van der Waals surface area (Å²) in [4.78, 5) is 2.03. The van der Waals surface area contributed by atoms with Gasteiger partial charge in [0.1, 0.15) is 23.1 Å². The van der Waals surface area contributed by atoms with Crippen LogP contribution in [0.2, 0.25) is 0 Å². The van der Waals surface area contributed by atoms with Crippen molar-refractivity contribution in [2.24, 2.45) is 0 Å². The second-order valence-electron chi connectivity index (χ2n) is 6.25. The minimum atomic E-state index is -3.94. The number of hydrogen-bond donors (Lipinski definition) is 1. The van der Waals surface area contributed by atoms with Gasteiger partial charge in [-0.25, -0.2) is 17.2 Å². The van der Waals surface area contributed by atoms with Gasteiger partial charge in [-0.05, 0) is 30.5 Å². The lowest BCUT2D eigenvalue weighted by Gasteiger charge is -2.31. The number of halogens is 2. The quantitative estimate of drug-likeness (QED) is 0.780. The highest BCUT2D eigenvalue weighted by molar-refractivity contribution is 7.98. The summed E-state index contributed by atoms with van der Waals surface area (Å²) in [6.45, 7) is 2.75. The van der Waals surface area contributed by atoms with Crippen molar-refractivity contribution < 1.29 is 22.1 Å². The van der Waals surface area contributed by atoms with Gasteiger partial charge < -0.3 is 4.90 Å². The zero-order chi connectivity index (χ0) is 18.7. The van der Waals surface area contributed by atoms with Crippen molar-refractivity contribution in [2.75, 3.05) is 32.4 Å². The van der Waals surface area contributed by atoms with Crippen molar-refractivity contribution in [1.82, 2.24) is 4.31 Å². The standard InChI is InChI=1S/C18H20F2N2O2S2/c1-25-16-5-2-14(3-6-16)13-21-8-10-22(11-9-21)26(23,24)18-7-4-15(19)12-17(18)20/h2-7,12H,8-11,13H2,1H3/p+1. The van der Waals surface area contributed by atoms with E-state index in [0.717, 1.165) is 18.7 Å². The SMILES string of the molecule is CSc1ccc(C[NH+]2CCN(S(=O)(=O)c3ccc(F)cc3F)CC2)cc1. The second-order valence-corrected chi connectivity index (χ2v) is 9.04. The van der Waals surface area contributed by atoms with Crippen molar-refractivity contribution in [3.8, 4) is 0 Å². The molecule has 2 aromatic rings. The van der Waals surface area contributed by atoms with Gasteiger partial charge in [0.05, 0.1) is 26.2 Å². The van der Waals surface area contributed by atoms with Crippen LogP contribution < -0.4 is 4.90 Å². The molecule has 140 valence electrons. The number of thioether (sulfide) groups is 1. The lowest BCUT2D eigenvalue weighted by molar-refractivity contribution is -0.917. The molecule has 0 saturated carbocycles. The molecule has 1 aliphatic rings. The topological polar surface area (TPSA) is 41.8 Å². The predicted octanol–water partition coefficient (Wildman–Crippen LogP) is 1.78. The first kappa shape index (κ1) is 19.3. The highest BCUT2D eigenvalue weighted by Crippen LogP contribution is 2.20. The molecule has 1 aliphatic heterocycles. The molecule has 0 spiro atoms. The molecule has 0 aromatic heterocycles. The minimum absolute atomic E-state index is 0.317. The van der Waals surface area contributed by atoms with E-state index in [-0.39, 0.29) is 0 Å². The van der Waals surface area contributed by atoms with E-state index in [1.54, 1.807) is 11.8 Å². The summed E-state index contributed by atoms with van der Waals surface area (Å²) in [5, 5.41) is 0. The van der Waals surface area contributed by atoms with Crippen molar-refractivity contribution in [2.45, 2.75) is 16.3 Å². The Labute approximate surface area is 156 Å². The largest absolute Gasteiger partial charge is 0.329 e. The maximum absolute atomic E-state index is 13.9. The van der Waals surface area contributed by atoms with Crippen molar-refractivity contribution in [3.63, 3.8) is 0 Å². The van der Waals surface area contributed by atoms with Gasteiger partial charge in [-0.15, -0.1) is 11.8 Å². The normalized spacial score (nSPS) is 16.7. The number of rotatable bonds is 5. The molecule has 0 aliphatic carbocycles. The smallest absolute Gasteiger partial charge is 0.246 e. The molecule has 1 saturated heterocycles. The molecule has 1 fully saturated rings. The molecule has 0 unspecified atom stereocenters. The van der Waals surface area contributed by atoms with E-state index in [1.807, 2.05) is 6.26 Å². The lowest BCUT2D eigenvalue weighted by atomic mass is 10.2. The van der Waals surface area contributed by atoms with Crippen LogP contribution in [0, 0.1) is 11.6 Å². The maximum atomic E-state index is 13.9. The Morgan fingerprint density at radius 2 is 1.73 bits per heavy atom. The number of quaternary nitrogens is 1. The highest BCUT2D eigenvalue weighted by Gasteiger charge is 2.32. The van der Waals surface area contributed by atoms with Crippen LogP contribution in [0.25, 0.3) is 0 Å². The van der Waals surface area contributed by atoms with Crippen LogP contribution in [0.5, 0.6) is 0 Å². The summed E-state index contributed by atoms with van der Waals surface area (Å²) < 4.78 is 53.4.